The largest absolute Gasteiger partial charge is 0.505 e. The van der Waals surface area contributed by atoms with Crippen molar-refractivity contribution in [2.24, 2.45) is 0 Å². The second kappa shape index (κ2) is 11.2. The standard InChI is InChI=1S/C40H20B6O2/c41-33-29-27(22-15-12-20(13-16-22)24-17-14-19-6-1-2-8-23(19)18-24)30-32(39(47)40(48)38(46)35(30)43)28(31(29)34(42)37(45)36(33)44)26-11-5-9-21-7-3-4-10-25(21)26/h1-18,47-48H. The molecule has 0 amide bonds. The molecule has 0 bridgehead atoms. The van der Waals surface area contributed by atoms with E-state index < -0.39 is 11.5 Å². The van der Waals surface area contributed by atoms with Crippen LogP contribution >= 0.6 is 0 Å². The third-order valence-corrected chi connectivity index (χ3v) is 9.50. The number of fused-ring (bicyclic) bond motifs is 4. The van der Waals surface area contributed by atoms with Crippen molar-refractivity contribution in [2.75, 3.05) is 0 Å². The maximum atomic E-state index is 11.8. The van der Waals surface area contributed by atoms with E-state index in [1.54, 1.807) is 0 Å². The number of aromatic hydroxyl groups is 2. The molecule has 0 fully saturated rings. The molecular weight excluding hydrogens is 577 g/mol. The van der Waals surface area contributed by atoms with Crippen molar-refractivity contribution in [3.8, 4) is 44.9 Å². The fourth-order valence-corrected chi connectivity index (χ4v) is 7.06. The molecule has 2 N–H and O–H groups in total. The summed E-state index contributed by atoms with van der Waals surface area (Å²) in [6, 6.07) is 36.1. The van der Waals surface area contributed by atoms with Crippen LogP contribution in [0.1, 0.15) is 0 Å². The Labute approximate surface area is 286 Å². The molecule has 48 heavy (non-hydrogen) atoms. The van der Waals surface area contributed by atoms with E-state index in [2.05, 4.69) is 30.3 Å². The SMILES string of the molecule is [B]c1c([B])c([B])c2c(-c3cccc4ccccc34)c3c(O)c(O)c([B])c([B])c3c(-c3ccc(-c4ccc5ccccc5c4)cc3)c2c1[B]. The zero-order chi connectivity index (χ0) is 33.4. The Balaban J connectivity index is 1.54. The van der Waals surface area contributed by atoms with Crippen molar-refractivity contribution >= 4 is 123 Å². The van der Waals surface area contributed by atoms with Crippen molar-refractivity contribution in [1.29, 1.82) is 0 Å². The Kier molecular flexibility index (Phi) is 7.03. The van der Waals surface area contributed by atoms with Crippen molar-refractivity contribution in [2.45, 2.75) is 0 Å². The average molecular weight is 597 g/mol. The minimum atomic E-state index is -0.534. The van der Waals surface area contributed by atoms with Crippen LogP contribution in [0.2, 0.25) is 0 Å². The predicted molar refractivity (Wildman–Crippen MR) is 208 cm³/mol. The molecule has 0 spiro atoms. The molecule has 210 valence electrons. The zero-order valence-corrected chi connectivity index (χ0v) is 25.8. The number of hydrogen-bond acceptors (Lipinski definition) is 2. The van der Waals surface area contributed by atoms with Gasteiger partial charge in [-0.3, -0.25) is 0 Å². The fraction of sp³-hybridized carbons (Fsp3) is 0. The normalized spacial score (nSPS) is 11.6. The van der Waals surface area contributed by atoms with Crippen molar-refractivity contribution in [3.63, 3.8) is 0 Å². The Bertz CT molecular complexity index is 2560. The van der Waals surface area contributed by atoms with Crippen LogP contribution < -0.4 is 32.8 Å². The monoisotopic (exact) mass is 598 g/mol. The summed E-state index contributed by atoms with van der Waals surface area (Å²) in [6.45, 7) is 0. The summed E-state index contributed by atoms with van der Waals surface area (Å²) in [5.41, 5.74) is 5.07. The molecule has 0 aliphatic rings. The van der Waals surface area contributed by atoms with Gasteiger partial charge in [-0.2, -0.15) is 0 Å². The van der Waals surface area contributed by atoms with Crippen LogP contribution in [0.25, 0.3) is 76.5 Å². The molecule has 8 aromatic carbocycles. The maximum absolute atomic E-state index is 11.8. The van der Waals surface area contributed by atoms with Gasteiger partial charge in [-0.15, -0.1) is 10.9 Å². The third-order valence-electron chi connectivity index (χ3n) is 9.50. The highest BCUT2D eigenvalue weighted by Crippen LogP contribution is 2.48. The van der Waals surface area contributed by atoms with Gasteiger partial charge in [0.1, 0.15) is 52.8 Å². The molecule has 8 heteroatoms. The molecule has 0 aliphatic heterocycles. The average Bonchev–Trinajstić information content (AvgIpc) is 3.13. The Morgan fingerprint density at radius 2 is 0.875 bits per heavy atom. The minimum absolute atomic E-state index is 0.0747. The van der Waals surface area contributed by atoms with Gasteiger partial charge in [0, 0.05) is 10.9 Å². The van der Waals surface area contributed by atoms with Gasteiger partial charge in [0.05, 0.1) is 0 Å². The van der Waals surface area contributed by atoms with Gasteiger partial charge in [0.25, 0.3) is 0 Å². The lowest BCUT2D eigenvalue weighted by Gasteiger charge is -2.27. The van der Waals surface area contributed by atoms with Crippen LogP contribution in [-0.2, 0) is 0 Å². The first-order valence-corrected chi connectivity index (χ1v) is 15.4. The van der Waals surface area contributed by atoms with Crippen LogP contribution in [0.15, 0.2) is 109 Å². The van der Waals surface area contributed by atoms with E-state index in [-0.39, 0.29) is 38.2 Å². The summed E-state index contributed by atoms with van der Waals surface area (Å²) in [5.74, 6) is -0.975. The van der Waals surface area contributed by atoms with Gasteiger partial charge in [-0.25, -0.2) is 0 Å². The third kappa shape index (κ3) is 4.35. The topological polar surface area (TPSA) is 40.5 Å². The lowest BCUT2D eigenvalue weighted by Crippen LogP contribution is -2.48. The van der Waals surface area contributed by atoms with E-state index in [1.807, 2.05) is 78.9 Å². The highest BCUT2D eigenvalue weighted by molar-refractivity contribution is 6.68. The molecule has 0 unspecified atom stereocenters. The molecule has 0 heterocycles. The van der Waals surface area contributed by atoms with Gasteiger partial charge in [-0.1, -0.05) is 125 Å². The summed E-state index contributed by atoms with van der Waals surface area (Å²) in [7, 11) is 39.9. The van der Waals surface area contributed by atoms with E-state index >= 15 is 0 Å². The second-order valence-corrected chi connectivity index (χ2v) is 12.1. The highest BCUT2D eigenvalue weighted by Gasteiger charge is 2.27. The van der Waals surface area contributed by atoms with Crippen molar-refractivity contribution in [1.82, 2.24) is 0 Å². The van der Waals surface area contributed by atoms with Crippen LogP contribution in [0.4, 0.5) is 0 Å². The van der Waals surface area contributed by atoms with E-state index in [1.165, 1.54) is 0 Å². The van der Waals surface area contributed by atoms with Gasteiger partial charge in [-0.05, 0) is 71.6 Å². The molecule has 0 aromatic heterocycles. The molecule has 12 radical (unpaired) electrons. The Morgan fingerprint density at radius 3 is 1.58 bits per heavy atom. The molecule has 0 atom stereocenters. The Morgan fingerprint density at radius 1 is 0.354 bits per heavy atom. The van der Waals surface area contributed by atoms with Gasteiger partial charge in [0.15, 0.2) is 5.75 Å². The molecule has 0 saturated heterocycles. The van der Waals surface area contributed by atoms with Crippen LogP contribution in [-0.4, -0.2) is 57.3 Å². The molecule has 0 saturated carbocycles. The number of hydrogen-bond donors (Lipinski definition) is 2. The molecule has 8 rings (SSSR count). The summed E-state index contributed by atoms with van der Waals surface area (Å²) in [6.07, 6.45) is 0. The van der Waals surface area contributed by atoms with E-state index in [4.69, 9.17) is 47.1 Å². The van der Waals surface area contributed by atoms with E-state index in [0.29, 0.717) is 32.8 Å². The number of rotatable bonds is 3. The van der Waals surface area contributed by atoms with Gasteiger partial charge < -0.3 is 10.2 Å². The lowest BCUT2D eigenvalue weighted by atomic mass is 9.61. The Hall–Kier alpha value is -5.21. The van der Waals surface area contributed by atoms with Crippen molar-refractivity contribution in [3.05, 3.63) is 109 Å². The summed E-state index contributed by atoms with van der Waals surface area (Å²) in [4.78, 5) is 0. The summed E-state index contributed by atoms with van der Waals surface area (Å²) >= 11 is 0. The summed E-state index contributed by atoms with van der Waals surface area (Å²) in [5, 5.41) is 28.6. The first-order chi connectivity index (χ1) is 23.2. The van der Waals surface area contributed by atoms with Crippen molar-refractivity contribution < 1.29 is 10.2 Å². The van der Waals surface area contributed by atoms with E-state index in [0.717, 1.165) is 38.2 Å². The molecule has 2 nitrogen and oxygen atoms in total. The second-order valence-electron chi connectivity index (χ2n) is 12.1. The fourth-order valence-electron chi connectivity index (χ4n) is 7.06. The molecular formula is C40H20B6O2. The predicted octanol–water partition coefficient (Wildman–Crippen LogP) is 3.47. The maximum Gasteiger partial charge on any atom is 0.165 e. The first kappa shape index (κ1) is 30.1. The smallest absolute Gasteiger partial charge is 0.165 e. The number of phenolic OH excluding ortho intramolecular Hbond substituents is 2. The molecule has 8 aromatic rings. The minimum Gasteiger partial charge on any atom is -0.505 e. The first-order valence-electron chi connectivity index (χ1n) is 15.4. The zero-order valence-electron chi connectivity index (χ0n) is 25.8. The highest BCUT2D eigenvalue weighted by atomic mass is 16.3. The van der Waals surface area contributed by atoms with Gasteiger partial charge >= 0.3 is 0 Å². The summed E-state index contributed by atoms with van der Waals surface area (Å²) < 4.78 is 0. The number of benzene rings is 8. The number of phenols is 2. The quantitative estimate of drug-likeness (QED) is 0.186. The van der Waals surface area contributed by atoms with Crippen LogP contribution in [0.3, 0.4) is 0 Å². The molecule has 0 aliphatic carbocycles. The van der Waals surface area contributed by atoms with Crippen LogP contribution in [0, 0.1) is 0 Å². The van der Waals surface area contributed by atoms with E-state index in [9.17, 15) is 10.2 Å². The van der Waals surface area contributed by atoms with Crippen LogP contribution in [0.5, 0.6) is 11.5 Å². The van der Waals surface area contributed by atoms with Gasteiger partial charge in [0.2, 0.25) is 0 Å². The lowest BCUT2D eigenvalue weighted by molar-refractivity contribution is 0.411.